The molecule has 0 aromatic carbocycles. The number of nitrogens with two attached hydrogens (primary N) is 1. The number of likely N-dealkylation sites (tertiary alicyclic amines) is 1. The van der Waals surface area contributed by atoms with Crippen molar-refractivity contribution in [2.24, 2.45) is 11.7 Å². The highest BCUT2D eigenvalue weighted by atomic mass is 16.1. The normalized spacial score (nSPS) is 19.9. The summed E-state index contributed by atoms with van der Waals surface area (Å²) >= 11 is 0. The Morgan fingerprint density at radius 2 is 2.10 bits per heavy atom. The number of rotatable bonds is 9. The van der Waals surface area contributed by atoms with E-state index >= 15 is 0 Å². The Morgan fingerprint density at radius 1 is 1.43 bits per heavy atom. The van der Waals surface area contributed by atoms with Crippen LogP contribution in [0.25, 0.3) is 0 Å². The molecule has 5 heteroatoms. The average molecular weight is 294 g/mol. The number of hydrogen-bond donors (Lipinski definition) is 2. The Bertz CT molecular complexity index is 358. The summed E-state index contributed by atoms with van der Waals surface area (Å²) in [6, 6.07) is 2.47. The third-order valence-corrected chi connectivity index (χ3v) is 4.60. The van der Waals surface area contributed by atoms with Gasteiger partial charge in [-0.15, -0.1) is 0 Å². The van der Waals surface area contributed by atoms with Gasteiger partial charge in [-0.25, -0.2) is 0 Å². The summed E-state index contributed by atoms with van der Waals surface area (Å²) in [7, 11) is 0. The van der Waals surface area contributed by atoms with E-state index in [1.165, 1.54) is 0 Å². The van der Waals surface area contributed by atoms with E-state index in [9.17, 15) is 10.1 Å². The van der Waals surface area contributed by atoms with Crippen LogP contribution in [0.4, 0.5) is 0 Å². The predicted molar refractivity (Wildman–Crippen MR) is 84.5 cm³/mol. The van der Waals surface area contributed by atoms with E-state index in [2.05, 4.69) is 30.1 Å². The van der Waals surface area contributed by atoms with Crippen LogP contribution in [0.2, 0.25) is 0 Å². The highest BCUT2D eigenvalue weighted by Crippen LogP contribution is 2.20. The standard InChI is InChI=1S/C16H30N4O/c1-3-9-19-16(4-2,13-17)8-5-10-20-11-6-14(7-12-20)15(18)21/h14,19H,3-12H2,1-2H3,(H2,18,21). The lowest BCUT2D eigenvalue weighted by atomic mass is 9.91. The van der Waals surface area contributed by atoms with Gasteiger partial charge in [-0.1, -0.05) is 13.8 Å². The zero-order valence-corrected chi connectivity index (χ0v) is 13.5. The Morgan fingerprint density at radius 3 is 2.57 bits per heavy atom. The first kappa shape index (κ1) is 17.9. The van der Waals surface area contributed by atoms with Crippen LogP contribution in [0.3, 0.4) is 0 Å². The molecule has 0 aliphatic carbocycles. The summed E-state index contributed by atoms with van der Waals surface area (Å²) in [6.45, 7) is 7.98. The van der Waals surface area contributed by atoms with Gasteiger partial charge in [0.1, 0.15) is 5.54 Å². The number of amides is 1. The van der Waals surface area contributed by atoms with Crippen LogP contribution in [0, 0.1) is 17.2 Å². The van der Waals surface area contributed by atoms with Gasteiger partial charge in [0.15, 0.2) is 0 Å². The minimum atomic E-state index is -0.373. The number of primary amides is 1. The molecule has 1 amide bonds. The molecule has 1 saturated heterocycles. The number of piperidine rings is 1. The molecule has 0 bridgehead atoms. The van der Waals surface area contributed by atoms with E-state index in [1.54, 1.807) is 0 Å². The van der Waals surface area contributed by atoms with Crippen molar-refractivity contribution in [2.45, 2.75) is 57.9 Å². The molecular weight excluding hydrogens is 264 g/mol. The van der Waals surface area contributed by atoms with Crippen molar-refractivity contribution >= 4 is 5.91 Å². The lowest BCUT2D eigenvalue weighted by molar-refractivity contribution is -0.123. The smallest absolute Gasteiger partial charge is 0.220 e. The maximum absolute atomic E-state index is 11.1. The highest BCUT2D eigenvalue weighted by molar-refractivity contribution is 5.76. The maximum Gasteiger partial charge on any atom is 0.220 e. The lowest BCUT2D eigenvalue weighted by Gasteiger charge is -2.32. The minimum absolute atomic E-state index is 0.0568. The molecule has 1 aliphatic heterocycles. The molecule has 1 rings (SSSR count). The van der Waals surface area contributed by atoms with Crippen LogP contribution in [0.15, 0.2) is 0 Å². The number of nitrogens with one attached hydrogen (secondary N) is 1. The number of carbonyl (C=O) groups excluding carboxylic acids is 1. The van der Waals surface area contributed by atoms with Crippen LogP contribution < -0.4 is 11.1 Å². The molecule has 1 fully saturated rings. The van der Waals surface area contributed by atoms with Gasteiger partial charge in [-0.05, 0) is 64.7 Å². The quantitative estimate of drug-likeness (QED) is 0.677. The van der Waals surface area contributed by atoms with E-state index in [0.29, 0.717) is 0 Å². The summed E-state index contributed by atoms with van der Waals surface area (Å²) in [5, 5.41) is 12.9. The topological polar surface area (TPSA) is 82.2 Å². The molecule has 3 N–H and O–H groups in total. The summed E-state index contributed by atoms with van der Waals surface area (Å²) < 4.78 is 0. The fourth-order valence-electron chi connectivity index (χ4n) is 2.97. The third-order valence-electron chi connectivity index (χ3n) is 4.60. The molecule has 1 atom stereocenters. The lowest BCUT2D eigenvalue weighted by Crippen LogP contribution is -2.45. The fraction of sp³-hybridized carbons (Fsp3) is 0.875. The summed E-state index contributed by atoms with van der Waals surface area (Å²) in [6.07, 6.45) is 5.54. The molecule has 0 saturated carbocycles. The first-order chi connectivity index (χ1) is 10.1. The number of nitriles is 1. The van der Waals surface area contributed by atoms with Gasteiger partial charge < -0.3 is 10.6 Å². The van der Waals surface area contributed by atoms with Crippen molar-refractivity contribution in [3.05, 3.63) is 0 Å². The maximum atomic E-state index is 11.1. The molecule has 120 valence electrons. The Balaban J connectivity index is 2.32. The molecule has 1 unspecified atom stereocenters. The van der Waals surface area contributed by atoms with Crippen molar-refractivity contribution in [3.63, 3.8) is 0 Å². The molecule has 5 nitrogen and oxygen atoms in total. The highest BCUT2D eigenvalue weighted by Gasteiger charge is 2.27. The van der Waals surface area contributed by atoms with E-state index in [0.717, 1.165) is 64.7 Å². The van der Waals surface area contributed by atoms with Gasteiger partial charge in [-0.3, -0.25) is 10.1 Å². The summed E-state index contributed by atoms with van der Waals surface area (Å²) in [5.41, 5.74) is 4.98. The molecule has 0 spiro atoms. The molecule has 1 aliphatic rings. The monoisotopic (exact) mass is 294 g/mol. The van der Waals surface area contributed by atoms with Gasteiger partial charge in [0.2, 0.25) is 5.91 Å². The molecule has 0 radical (unpaired) electrons. The number of hydrogen-bond acceptors (Lipinski definition) is 4. The number of carbonyl (C=O) groups is 1. The summed E-state index contributed by atoms with van der Waals surface area (Å²) in [5.74, 6) is -0.103. The van der Waals surface area contributed by atoms with Crippen LogP contribution >= 0.6 is 0 Å². The molecule has 1 heterocycles. The van der Waals surface area contributed by atoms with Crippen molar-refractivity contribution in [3.8, 4) is 6.07 Å². The first-order valence-corrected chi connectivity index (χ1v) is 8.25. The average Bonchev–Trinajstić information content (AvgIpc) is 2.51. The Kier molecular flexibility index (Phi) is 7.69. The van der Waals surface area contributed by atoms with Crippen molar-refractivity contribution in [1.29, 1.82) is 5.26 Å². The SMILES string of the molecule is CCCNC(C#N)(CC)CCCN1CCC(C(N)=O)CC1. The van der Waals surface area contributed by atoms with E-state index < -0.39 is 0 Å². The Hall–Kier alpha value is -1.12. The van der Waals surface area contributed by atoms with Crippen molar-refractivity contribution < 1.29 is 4.79 Å². The largest absolute Gasteiger partial charge is 0.369 e. The van der Waals surface area contributed by atoms with Crippen LogP contribution in [0.1, 0.15) is 52.4 Å². The second-order valence-corrected chi connectivity index (χ2v) is 6.10. The molecular formula is C16H30N4O. The number of nitrogens with zero attached hydrogens (tertiary/aromatic N) is 2. The Labute approximate surface area is 128 Å². The van der Waals surface area contributed by atoms with E-state index in [1.807, 2.05) is 0 Å². The zero-order chi connectivity index (χ0) is 15.7. The predicted octanol–water partition coefficient (Wildman–Crippen LogP) is 1.64. The molecule has 0 aromatic heterocycles. The van der Waals surface area contributed by atoms with E-state index in [-0.39, 0.29) is 17.4 Å². The van der Waals surface area contributed by atoms with E-state index in [4.69, 9.17) is 5.73 Å². The first-order valence-electron chi connectivity index (χ1n) is 8.25. The van der Waals surface area contributed by atoms with Crippen LogP contribution in [0.5, 0.6) is 0 Å². The van der Waals surface area contributed by atoms with Gasteiger partial charge >= 0.3 is 0 Å². The second kappa shape index (κ2) is 9.01. The summed E-state index contributed by atoms with van der Waals surface area (Å²) in [4.78, 5) is 13.5. The van der Waals surface area contributed by atoms with Crippen molar-refractivity contribution in [1.82, 2.24) is 10.2 Å². The second-order valence-electron chi connectivity index (χ2n) is 6.10. The van der Waals surface area contributed by atoms with Gasteiger partial charge in [0.05, 0.1) is 6.07 Å². The zero-order valence-electron chi connectivity index (χ0n) is 13.5. The van der Waals surface area contributed by atoms with Gasteiger partial charge in [0, 0.05) is 5.92 Å². The molecule has 0 aromatic rings. The van der Waals surface area contributed by atoms with Crippen LogP contribution in [-0.2, 0) is 4.79 Å². The molecule has 21 heavy (non-hydrogen) atoms. The van der Waals surface area contributed by atoms with Crippen molar-refractivity contribution in [2.75, 3.05) is 26.2 Å². The fourth-order valence-corrected chi connectivity index (χ4v) is 2.97. The van der Waals surface area contributed by atoms with Gasteiger partial charge in [-0.2, -0.15) is 5.26 Å². The third kappa shape index (κ3) is 5.64. The van der Waals surface area contributed by atoms with Crippen LogP contribution in [-0.4, -0.2) is 42.5 Å². The van der Waals surface area contributed by atoms with Gasteiger partial charge in [0.25, 0.3) is 0 Å². The minimum Gasteiger partial charge on any atom is -0.369 e.